The van der Waals surface area contributed by atoms with Crippen LogP contribution in [0.4, 0.5) is 0 Å². The highest BCUT2D eigenvalue weighted by molar-refractivity contribution is 7.61. The van der Waals surface area contributed by atoms with Crippen LogP contribution in [0.5, 0.6) is 0 Å². The topological polar surface area (TPSA) is 0 Å². The van der Waals surface area contributed by atoms with Crippen LogP contribution in [0.2, 0.25) is 0 Å². The molecule has 0 nitrogen and oxygen atoms in total. The van der Waals surface area contributed by atoms with E-state index in [4.69, 9.17) is 11.6 Å². The van der Waals surface area contributed by atoms with Crippen molar-refractivity contribution in [2.24, 2.45) is 11.8 Å². The van der Waals surface area contributed by atoms with Crippen LogP contribution in [0, 0.1) is 11.8 Å². The van der Waals surface area contributed by atoms with Crippen molar-refractivity contribution in [1.82, 2.24) is 0 Å². The van der Waals surface area contributed by atoms with Gasteiger partial charge in [-0.05, 0) is 36.5 Å². The van der Waals surface area contributed by atoms with Crippen molar-refractivity contribution < 1.29 is 0 Å². The summed E-state index contributed by atoms with van der Waals surface area (Å²) in [6.07, 6.45) is 8.82. The van der Waals surface area contributed by atoms with Crippen molar-refractivity contribution in [1.29, 1.82) is 0 Å². The van der Waals surface area contributed by atoms with E-state index in [0.717, 1.165) is 17.5 Å². The van der Waals surface area contributed by atoms with Crippen molar-refractivity contribution in [2.75, 3.05) is 6.16 Å². The van der Waals surface area contributed by atoms with E-state index in [1.807, 2.05) is 0 Å². The van der Waals surface area contributed by atoms with Gasteiger partial charge in [0, 0.05) is 0 Å². The Morgan fingerprint density at radius 2 is 1.71 bits per heavy atom. The van der Waals surface area contributed by atoms with Gasteiger partial charge in [0.25, 0.3) is 0 Å². The molecule has 1 aliphatic heterocycles. The van der Waals surface area contributed by atoms with E-state index in [0.29, 0.717) is 5.12 Å². The molecule has 2 rings (SSSR count). The zero-order valence-electron chi connectivity index (χ0n) is 9.38. The lowest BCUT2D eigenvalue weighted by atomic mass is 10.0. The average molecular weight is 233 g/mol. The zero-order valence-corrected chi connectivity index (χ0v) is 11.0. The fraction of sp³-hybridized carbons (Fsp3) is 1.00. The summed E-state index contributed by atoms with van der Waals surface area (Å²) in [5.74, 6) is 1.65. The molecule has 1 saturated heterocycles. The fourth-order valence-electron chi connectivity index (χ4n) is 2.94. The van der Waals surface area contributed by atoms with E-state index in [-0.39, 0.29) is 7.92 Å². The van der Waals surface area contributed by atoms with E-state index in [2.05, 4.69) is 13.8 Å². The first-order valence-corrected chi connectivity index (χ1v) is 8.20. The third kappa shape index (κ3) is 2.12. The van der Waals surface area contributed by atoms with Crippen molar-refractivity contribution in [2.45, 2.75) is 56.7 Å². The predicted octanol–water partition coefficient (Wildman–Crippen LogP) is 4.65. The summed E-state index contributed by atoms with van der Waals surface area (Å²) < 4.78 is 0. The Balaban J connectivity index is 1.97. The maximum Gasteiger partial charge on any atom is 0.0563 e. The van der Waals surface area contributed by atoms with Crippen LogP contribution < -0.4 is 0 Å². The number of halogens is 1. The number of hydrogen-bond acceptors (Lipinski definition) is 0. The molecule has 0 N–H and O–H groups in total. The highest BCUT2D eigenvalue weighted by Crippen LogP contribution is 2.62. The van der Waals surface area contributed by atoms with Gasteiger partial charge in [-0.2, -0.15) is 0 Å². The smallest absolute Gasteiger partial charge is 0.0563 e. The van der Waals surface area contributed by atoms with E-state index in [1.165, 1.54) is 38.3 Å². The van der Waals surface area contributed by atoms with Crippen LogP contribution >= 0.6 is 19.5 Å². The van der Waals surface area contributed by atoms with E-state index < -0.39 is 0 Å². The Bertz CT molecular complexity index is 189. The van der Waals surface area contributed by atoms with E-state index >= 15 is 0 Å². The lowest BCUT2D eigenvalue weighted by molar-refractivity contribution is 0.478. The molecule has 0 aromatic carbocycles. The summed E-state index contributed by atoms with van der Waals surface area (Å²) in [5, 5.41) is 0.531. The van der Waals surface area contributed by atoms with Gasteiger partial charge in [0.2, 0.25) is 0 Å². The lowest BCUT2D eigenvalue weighted by Gasteiger charge is -2.30. The summed E-state index contributed by atoms with van der Waals surface area (Å²) in [5.41, 5.74) is 1.02. The highest BCUT2D eigenvalue weighted by atomic mass is 35.5. The molecular formula is C12H22ClP. The number of alkyl halides is 1. The molecule has 0 bridgehead atoms. The summed E-state index contributed by atoms with van der Waals surface area (Å²) in [4.78, 5) is 0. The molecule has 4 atom stereocenters. The quantitative estimate of drug-likeness (QED) is 0.456. The van der Waals surface area contributed by atoms with Gasteiger partial charge in [-0.3, -0.25) is 0 Å². The van der Waals surface area contributed by atoms with E-state index in [9.17, 15) is 0 Å². The van der Waals surface area contributed by atoms with Gasteiger partial charge in [0.15, 0.2) is 0 Å². The maximum absolute atomic E-state index is 6.59. The molecule has 2 aliphatic rings. The molecule has 0 spiro atoms. The molecule has 2 fully saturated rings. The molecule has 82 valence electrons. The van der Waals surface area contributed by atoms with Crippen molar-refractivity contribution in [3.8, 4) is 0 Å². The standard InChI is InChI=1S/C12H22ClP/c1-9-8-14(12(13)10(9)2)11-6-4-3-5-7-11/h9-12H,3-8H2,1-2H3. The van der Waals surface area contributed by atoms with Gasteiger partial charge >= 0.3 is 0 Å². The first-order valence-electron chi connectivity index (χ1n) is 6.10. The minimum atomic E-state index is 0.162. The fourth-order valence-corrected chi connectivity index (χ4v) is 7.73. The third-order valence-corrected chi connectivity index (χ3v) is 8.90. The summed E-state index contributed by atoms with van der Waals surface area (Å²) in [6, 6.07) is 0. The van der Waals surface area contributed by atoms with Crippen LogP contribution in [-0.4, -0.2) is 16.9 Å². The molecule has 0 aromatic heterocycles. The maximum atomic E-state index is 6.59. The highest BCUT2D eigenvalue weighted by Gasteiger charge is 2.40. The Hall–Kier alpha value is 0.720. The first kappa shape index (κ1) is 11.2. The van der Waals surface area contributed by atoms with Crippen LogP contribution in [0.25, 0.3) is 0 Å². The van der Waals surface area contributed by atoms with Gasteiger partial charge in [-0.15, -0.1) is 11.6 Å². The lowest BCUT2D eigenvalue weighted by Crippen LogP contribution is -2.14. The summed E-state index contributed by atoms with van der Waals surface area (Å²) in [6.45, 7) is 4.75. The minimum absolute atomic E-state index is 0.162. The monoisotopic (exact) mass is 232 g/mol. The Labute approximate surface area is 94.5 Å². The molecule has 1 aliphatic carbocycles. The van der Waals surface area contributed by atoms with Gasteiger partial charge in [-0.25, -0.2) is 0 Å². The average Bonchev–Trinajstić information content (AvgIpc) is 2.47. The molecule has 2 heteroatoms. The van der Waals surface area contributed by atoms with Crippen LogP contribution in [0.15, 0.2) is 0 Å². The molecule has 14 heavy (non-hydrogen) atoms. The third-order valence-electron chi connectivity index (χ3n) is 4.19. The Morgan fingerprint density at radius 1 is 1.07 bits per heavy atom. The summed E-state index contributed by atoms with van der Waals surface area (Å²) in [7, 11) is 0.162. The second-order valence-electron chi connectivity index (χ2n) is 5.20. The number of rotatable bonds is 1. The van der Waals surface area contributed by atoms with Crippen LogP contribution in [0.3, 0.4) is 0 Å². The first-order chi connectivity index (χ1) is 6.70. The van der Waals surface area contributed by atoms with Crippen molar-refractivity contribution in [3.05, 3.63) is 0 Å². The minimum Gasteiger partial charge on any atom is -0.118 e. The second kappa shape index (κ2) is 4.71. The molecular weight excluding hydrogens is 211 g/mol. The van der Waals surface area contributed by atoms with Gasteiger partial charge in [0.05, 0.1) is 5.12 Å². The van der Waals surface area contributed by atoms with Crippen LogP contribution in [0.1, 0.15) is 46.0 Å². The molecule has 0 radical (unpaired) electrons. The molecule has 1 saturated carbocycles. The van der Waals surface area contributed by atoms with Crippen LogP contribution in [-0.2, 0) is 0 Å². The van der Waals surface area contributed by atoms with Gasteiger partial charge < -0.3 is 0 Å². The normalized spacial score (nSPS) is 45.6. The summed E-state index contributed by atoms with van der Waals surface area (Å²) >= 11 is 6.59. The Morgan fingerprint density at radius 3 is 2.21 bits per heavy atom. The second-order valence-corrected chi connectivity index (χ2v) is 8.65. The largest absolute Gasteiger partial charge is 0.118 e. The SMILES string of the molecule is CC1CP(C2CCCCC2)C(Cl)C1C. The van der Waals surface area contributed by atoms with Gasteiger partial charge in [0.1, 0.15) is 0 Å². The van der Waals surface area contributed by atoms with Crippen molar-refractivity contribution in [3.63, 3.8) is 0 Å². The predicted molar refractivity (Wildman–Crippen MR) is 66.6 cm³/mol. The van der Waals surface area contributed by atoms with E-state index in [1.54, 1.807) is 0 Å². The molecule has 0 amide bonds. The molecule has 1 heterocycles. The number of hydrogen-bond donors (Lipinski definition) is 0. The van der Waals surface area contributed by atoms with Crippen molar-refractivity contribution >= 4 is 19.5 Å². The van der Waals surface area contributed by atoms with Gasteiger partial charge in [-0.1, -0.05) is 41.0 Å². The molecule has 0 aromatic rings. The zero-order chi connectivity index (χ0) is 10.1. The Kier molecular flexibility index (Phi) is 3.77. The molecule has 4 unspecified atom stereocenters.